The topological polar surface area (TPSA) is 125 Å². The molecule has 0 spiro atoms. The standard InChI is InChI=1S/C25H28F3N7O2/c1-15(36)31-21-12-17(16-6-3-2-4-7-16)9-10-20(21)33-22-19(25(26,27)28)13-30-24(34-22)32-18-8-5-11-35(14-18)23(29)37/h3-4,6-7,9-10,12-13,16,18H,2,5,8,11,14H2,1H3,(H2,29,37)(H,31,36)(H2,30,32,33,34)/t18-/m0/s1. The highest BCUT2D eigenvalue weighted by atomic mass is 19.4. The Morgan fingerprint density at radius 3 is 2.59 bits per heavy atom. The fourth-order valence-electron chi connectivity index (χ4n) is 4.35. The molecule has 1 aliphatic carbocycles. The lowest BCUT2D eigenvalue weighted by Crippen LogP contribution is -2.47. The van der Waals surface area contributed by atoms with Crippen molar-refractivity contribution in [1.82, 2.24) is 14.9 Å². The highest BCUT2D eigenvalue weighted by molar-refractivity contribution is 5.93. The molecule has 1 saturated heterocycles. The second kappa shape index (κ2) is 10.9. The number of urea groups is 1. The summed E-state index contributed by atoms with van der Waals surface area (Å²) < 4.78 is 41.4. The van der Waals surface area contributed by atoms with E-state index in [1.807, 2.05) is 24.3 Å². The lowest BCUT2D eigenvalue weighted by atomic mass is 9.94. The number of benzene rings is 1. The van der Waals surface area contributed by atoms with Crippen molar-refractivity contribution in [3.63, 3.8) is 0 Å². The van der Waals surface area contributed by atoms with Crippen LogP contribution in [0.4, 0.5) is 41.1 Å². The van der Waals surface area contributed by atoms with E-state index in [-0.39, 0.29) is 29.5 Å². The number of rotatable bonds is 6. The number of hydrogen-bond acceptors (Lipinski definition) is 6. The molecule has 1 fully saturated rings. The Morgan fingerprint density at radius 2 is 1.92 bits per heavy atom. The number of hydrogen-bond donors (Lipinski definition) is 4. The second-order valence-electron chi connectivity index (χ2n) is 8.95. The largest absolute Gasteiger partial charge is 0.421 e. The van der Waals surface area contributed by atoms with Gasteiger partial charge in [0.1, 0.15) is 11.4 Å². The van der Waals surface area contributed by atoms with Gasteiger partial charge in [-0.3, -0.25) is 4.79 Å². The van der Waals surface area contributed by atoms with E-state index in [4.69, 9.17) is 5.73 Å². The summed E-state index contributed by atoms with van der Waals surface area (Å²) in [5, 5.41) is 8.43. The zero-order valence-electron chi connectivity index (χ0n) is 20.2. The molecule has 0 saturated carbocycles. The summed E-state index contributed by atoms with van der Waals surface area (Å²) in [6.45, 7) is 2.13. The fourth-order valence-corrected chi connectivity index (χ4v) is 4.35. The summed E-state index contributed by atoms with van der Waals surface area (Å²) in [5.74, 6) is -0.870. The number of carbonyl (C=O) groups is 2. The Balaban J connectivity index is 1.64. The first kappa shape index (κ1) is 26.0. The van der Waals surface area contributed by atoms with Gasteiger partial charge in [0.05, 0.1) is 11.4 Å². The summed E-state index contributed by atoms with van der Waals surface area (Å²) in [4.78, 5) is 32.8. The lowest BCUT2D eigenvalue weighted by molar-refractivity contribution is -0.137. The number of nitrogens with two attached hydrogens (primary N) is 1. The molecular formula is C25H28F3N7O2. The molecule has 1 atom stereocenters. The molecule has 12 heteroatoms. The number of likely N-dealkylation sites (tertiary alicyclic amines) is 1. The number of nitrogens with one attached hydrogen (secondary N) is 3. The van der Waals surface area contributed by atoms with Gasteiger partial charge in [-0.2, -0.15) is 18.2 Å². The SMILES string of the molecule is CC(=O)Nc1cc(C2C=CCC=C2)ccc1Nc1nc(N[C@H]2CCCN(C(N)=O)C2)ncc1C(F)(F)F. The monoisotopic (exact) mass is 515 g/mol. The van der Waals surface area contributed by atoms with Gasteiger partial charge in [0.2, 0.25) is 11.9 Å². The van der Waals surface area contributed by atoms with Crippen molar-refractivity contribution in [3.05, 3.63) is 59.8 Å². The summed E-state index contributed by atoms with van der Waals surface area (Å²) in [5.41, 5.74) is 5.75. The van der Waals surface area contributed by atoms with Crippen LogP contribution in [0.2, 0.25) is 0 Å². The van der Waals surface area contributed by atoms with Crippen LogP contribution in [0.25, 0.3) is 0 Å². The van der Waals surface area contributed by atoms with E-state index in [1.54, 1.807) is 18.2 Å². The molecule has 0 unspecified atom stereocenters. The van der Waals surface area contributed by atoms with Crippen LogP contribution in [0.3, 0.4) is 0 Å². The number of nitrogens with zero attached hydrogens (tertiary/aromatic N) is 3. The zero-order chi connectivity index (χ0) is 26.6. The van der Waals surface area contributed by atoms with Crippen LogP contribution >= 0.6 is 0 Å². The Hall–Kier alpha value is -4.09. The third-order valence-electron chi connectivity index (χ3n) is 6.11. The van der Waals surface area contributed by atoms with E-state index in [0.29, 0.717) is 37.8 Å². The highest BCUT2D eigenvalue weighted by Gasteiger charge is 2.36. The summed E-state index contributed by atoms with van der Waals surface area (Å²) >= 11 is 0. The van der Waals surface area contributed by atoms with E-state index in [9.17, 15) is 22.8 Å². The second-order valence-corrected chi connectivity index (χ2v) is 8.95. The average molecular weight is 516 g/mol. The van der Waals surface area contributed by atoms with Crippen molar-refractivity contribution in [2.75, 3.05) is 29.0 Å². The molecule has 0 bridgehead atoms. The van der Waals surface area contributed by atoms with E-state index in [0.717, 1.165) is 12.0 Å². The van der Waals surface area contributed by atoms with E-state index < -0.39 is 23.6 Å². The first-order valence-corrected chi connectivity index (χ1v) is 11.9. The van der Waals surface area contributed by atoms with Crippen molar-refractivity contribution in [1.29, 1.82) is 0 Å². The van der Waals surface area contributed by atoms with Crippen LogP contribution in [0.5, 0.6) is 0 Å². The first-order chi connectivity index (χ1) is 17.6. The molecule has 4 rings (SSSR count). The molecule has 196 valence electrons. The van der Waals surface area contributed by atoms with E-state index in [1.165, 1.54) is 11.8 Å². The molecule has 1 aromatic carbocycles. The number of halogens is 3. The Kier molecular flexibility index (Phi) is 7.65. The van der Waals surface area contributed by atoms with Crippen molar-refractivity contribution in [2.45, 2.75) is 44.3 Å². The average Bonchev–Trinajstić information content (AvgIpc) is 2.85. The molecule has 9 nitrogen and oxygen atoms in total. The van der Waals surface area contributed by atoms with Crippen molar-refractivity contribution < 1.29 is 22.8 Å². The first-order valence-electron chi connectivity index (χ1n) is 11.9. The van der Waals surface area contributed by atoms with E-state index >= 15 is 0 Å². The maximum Gasteiger partial charge on any atom is 0.421 e. The van der Waals surface area contributed by atoms with Gasteiger partial charge in [-0.25, -0.2) is 9.78 Å². The molecular weight excluding hydrogens is 487 g/mol. The molecule has 2 aliphatic rings. The van der Waals surface area contributed by atoms with Crippen LogP contribution in [-0.2, 0) is 11.0 Å². The zero-order valence-corrected chi connectivity index (χ0v) is 20.2. The van der Waals surface area contributed by atoms with Crippen molar-refractivity contribution >= 4 is 35.1 Å². The summed E-state index contributed by atoms with van der Waals surface area (Å²) in [7, 11) is 0. The maximum absolute atomic E-state index is 13.8. The third-order valence-corrected chi connectivity index (χ3v) is 6.11. The number of carbonyl (C=O) groups excluding carboxylic acids is 2. The van der Waals surface area contributed by atoms with Crippen LogP contribution in [0, 0.1) is 0 Å². The Morgan fingerprint density at radius 1 is 1.16 bits per heavy atom. The quantitative estimate of drug-likeness (QED) is 0.412. The number of anilines is 4. The predicted octanol–water partition coefficient (Wildman–Crippen LogP) is 4.75. The number of amides is 3. The number of primary amides is 1. The number of allylic oxidation sites excluding steroid dienone is 4. The van der Waals surface area contributed by atoms with Gasteiger partial charge in [-0.1, -0.05) is 30.4 Å². The third kappa shape index (κ3) is 6.57. The van der Waals surface area contributed by atoms with E-state index in [2.05, 4.69) is 25.9 Å². The van der Waals surface area contributed by atoms with Gasteiger partial charge in [0.25, 0.3) is 0 Å². The smallest absolute Gasteiger partial charge is 0.351 e. The minimum Gasteiger partial charge on any atom is -0.351 e. The maximum atomic E-state index is 13.8. The molecule has 37 heavy (non-hydrogen) atoms. The van der Waals surface area contributed by atoms with Gasteiger partial charge in [-0.05, 0) is 37.0 Å². The molecule has 2 heterocycles. The van der Waals surface area contributed by atoms with Crippen LogP contribution < -0.4 is 21.7 Å². The normalized spacial score (nSPS) is 17.9. The Labute approximate surface area is 212 Å². The Bertz CT molecular complexity index is 1220. The molecule has 1 aromatic heterocycles. The number of piperidine rings is 1. The van der Waals surface area contributed by atoms with Crippen LogP contribution in [0.1, 0.15) is 43.2 Å². The number of alkyl halides is 3. The van der Waals surface area contributed by atoms with Crippen LogP contribution in [0.15, 0.2) is 48.7 Å². The summed E-state index contributed by atoms with van der Waals surface area (Å²) in [6.07, 6.45) is 6.27. The minimum atomic E-state index is -4.72. The van der Waals surface area contributed by atoms with Gasteiger partial charge in [0, 0.05) is 38.2 Å². The van der Waals surface area contributed by atoms with Crippen molar-refractivity contribution in [3.8, 4) is 0 Å². The predicted molar refractivity (Wildman–Crippen MR) is 135 cm³/mol. The van der Waals surface area contributed by atoms with Gasteiger partial charge < -0.3 is 26.6 Å². The van der Waals surface area contributed by atoms with Gasteiger partial charge in [0.15, 0.2) is 0 Å². The minimum absolute atomic E-state index is 0.00800. The molecule has 2 aromatic rings. The molecule has 3 amide bonds. The molecule has 0 radical (unpaired) electrons. The lowest BCUT2D eigenvalue weighted by Gasteiger charge is -2.32. The molecule has 5 N–H and O–H groups in total. The van der Waals surface area contributed by atoms with Gasteiger partial charge >= 0.3 is 12.2 Å². The van der Waals surface area contributed by atoms with Crippen LogP contribution in [-0.4, -0.2) is 45.9 Å². The molecule has 1 aliphatic heterocycles. The number of aromatic nitrogens is 2. The van der Waals surface area contributed by atoms with Gasteiger partial charge in [-0.15, -0.1) is 0 Å². The fraction of sp³-hybridized carbons (Fsp3) is 0.360. The summed E-state index contributed by atoms with van der Waals surface area (Å²) in [6, 6.07) is 4.29. The highest BCUT2D eigenvalue weighted by Crippen LogP contribution is 2.37. The van der Waals surface area contributed by atoms with Crippen molar-refractivity contribution in [2.24, 2.45) is 5.73 Å².